The molecule has 1 heterocycles. The van der Waals surface area contributed by atoms with Crippen LogP contribution in [0, 0.1) is 0 Å². The van der Waals surface area contributed by atoms with Crippen LogP contribution in [-0.2, 0) is 7.05 Å². The number of nitrogens with zero attached hydrogens (tertiary/aromatic N) is 2. The molecule has 1 aliphatic rings. The zero-order valence-electron chi connectivity index (χ0n) is 15.3. The summed E-state index contributed by atoms with van der Waals surface area (Å²) in [5.74, 6) is 1.51. The standard InChI is InChI=1S/C19H24BrN3O3/c1-12(22-15-11-21-23(2)19(24)18(15)20)13-8-9-16(17(10-13)25-3)26-14-6-4-5-7-14/h8-12,14,22H,4-7H2,1-3H3. The van der Waals surface area contributed by atoms with Gasteiger partial charge in [-0.2, -0.15) is 5.10 Å². The van der Waals surface area contributed by atoms with Gasteiger partial charge in [0.2, 0.25) is 0 Å². The maximum atomic E-state index is 12.0. The van der Waals surface area contributed by atoms with Gasteiger partial charge in [0, 0.05) is 13.1 Å². The molecule has 1 aromatic carbocycles. The normalized spacial score (nSPS) is 15.7. The number of nitrogens with one attached hydrogen (secondary N) is 1. The summed E-state index contributed by atoms with van der Waals surface area (Å²) in [6, 6.07) is 5.92. The van der Waals surface area contributed by atoms with Crippen LogP contribution in [0.2, 0.25) is 0 Å². The third-order valence-corrected chi connectivity index (χ3v) is 5.50. The van der Waals surface area contributed by atoms with Crippen molar-refractivity contribution in [3.63, 3.8) is 0 Å². The third-order valence-electron chi connectivity index (χ3n) is 4.73. The van der Waals surface area contributed by atoms with Gasteiger partial charge in [-0.1, -0.05) is 6.07 Å². The molecular weight excluding hydrogens is 398 g/mol. The Morgan fingerprint density at radius 1 is 1.31 bits per heavy atom. The molecule has 1 fully saturated rings. The molecule has 140 valence electrons. The van der Waals surface area contributed by atoms with Gasteiger partial charge in [0.25, 0.3) is 5.56 Å². The summed E-state index contributed by atoms with van der Waals surface area (Å²) in [5.41, 5.74) is 1.51. The molecule has 0 spiro atoms. The van der Waals surface area contributed by atoms with E-state index in [0.717, 1.165) is 29.9 Å². The molecule has 3 rings (SSSR count). The Labute approximate surface area is 161 Å². The molecule has 0 radical (unpaired) electrons. The lowest BCUT2D eigenvalue weighted by molar-refractivity contribution is 0.200. The number of rotatable bonds is 6. The molecule has 0 aliphatic heterocycles. The van der Waals surface area contributed by atoms with E-state index in [4.69, 9.17) is 9.47 Å². The van der Waals surface area contributed by atoms with Gasteiger partial charge in [0.1, 0.15) is 4.47 Å². The number of hydrogen-bond acceptors (Lipinski definition) is 5. The first kappa shape index (κ1) is 18.8. The minimum atomic E-state index is -0.180. The molecule has 0 saturated heterocycles. The van der Waals surface area contributed by atoms with Gasteiger partial charge in [-0.25, -0.2) is 4.68 Å². The van der Waals surface area contributed by atoms with Crippen molar-refractivity contribution < 1.29 is 9.47 Å². The predicted molar refractivity (Wildman–Crippen MR) is 105 cm³/mol. The molecule has 0 bridgehead atoms. The number of halogens is 1. The molecule has 2 aromatic rings. The highest BCUT2D eigenvalue weighted by atomic mass is 79.9. The Hall–Kier alpha value is -2.02. The second-order valence-electron chi connectivity index (χ2n) is 6.60. The number of ether oxygens (including phenoxy) is 2. The second kappa shape index (κ2) is 8.12. The number of methoxy groups -OCH3 is 1. The minimum absolute atomic E-state index is 0.0327. The fraction of sp³-hybridized carbons (Fsp3) is 0.474. The number of aryl methyl sites for hydroxylation is 1. The van der Waals surface area contributed by atoms with Crippen molar-refractivity contribution in [3.8, 4) is 11.5 Å². The van der Waals surface area contributed by atoms with Crippen molar-refractivity contribution in [3.05, 3.63) is 44.8 Å². The molecule has 1 aromatic heterocycles. The summed E-state index contributed by atoms with van der Waals surface area (Å²) in [4.78, 5) is 12.0. The Kier molecular flexibility index (Phi) is 5.86. The van der Waals surface area contributed by atoms with Gasteiger partial charge < -0.3 is 14.8 Å². The van der Waals surface area contributed by atoms with Gasteiger partial charge in [-0.3, -0.25) is 4.79 Å². The van der Waals surface area contributed by atoms with Gasteiger partial charge in [0.15, 0.2) is 11.5 Å². The van der Waals surface area contributed by atoms with E-state index in [1.54, 1.807) is 20.4 Å². The molecule has 1 unspecified atom stereocenters. The van der Waals surface area contributed by atoms with E-state index >= 15 is 0 Å². The van der Waals surface area contributed by atoms with Crippen LogP contribution in [0.1, 0.15) is 44.2 Å². The third kappa shape index (κ3) is 4.03. The zero-order chi connectivity index (χ0) is 18.7. The fourth-order valence-electron chi connectivity index (χ4n) is 3.16. The molecule has 1 N–H and O–H groups in total. The van der Waals surface area contributed by atoms with Crippen molar-refractivity contribution in [1.29, 1.82) is 0 Å². The summed E-state index contributed by atoms with van der Waals surface area (Å²) in [7, 11) is 3.27. The van der Waals surface area contributed by atoms with Gasteiger partial charge >= 0.3 is 0 Å². The van der Waals surface area contributed by atoms with Crippen molar-refractivity contribution in [2.75, 3.05) is 12.4 Å². The molecule has 26 heavy (non-hydrogen) atoms. The fourth-order valence-corrected chi connectivity index (χ4v) is 3.64. The van der Waals surface area contributed by atoms with Crippen LogP contribution >= 0.6 is 15.9 Å². The summed E-state index contributed by atoms with van der Waals surface area (Å²) in [5, 5.41) is 7.38. The largest absolute Gasteiger partial charge is 0.493 e. The van der Waals surface area contributed by atoms with Crippen LogP contribution in [0.4, 0.5) is 5.69 Å². The highest BCUT2D eigenvalue weighted by Crippen LogP contribution is 2.34. The lowest BCUT2D eigenvalue weighted by atomic mass is 10.1. The van der Waals surface area contributed by atoms with E-state index < -0.39 is 0 Å². The van der Waals surface area contributed by atoms with Crippen molar-refractivity contribution in [2.45, 2.75) is 44.8 Å². The van der Waals surface area contributed by atoms with Gasteiger partial charge in [0.05, 0.1) is 25.1 Å². The minimum Gasteiger partial charge on any atom is -0.493 e. The molecule has 1 atom stereocenters. The number of aromatic nitrogens is 2. The van der Waals surface area contributed by atoms with Crippen LogP contribution in [-0.4, -0.2) is 23.0 Å². The summed E-state index contributed by atoms with van der Waals surface area (Å²) < 4.78 is 13.4. The van der Waals surface area contributed by atoms with E-state index in [0.29, 0.717) is 10.2 Å². The van der Waals surface area contributed by atoms with Crippen LogP contribution in [0.25, 0.3) is 0 Å². The maximum Gasteiger partial charge on any atom is 0.282 e. The lowest BCUT2D eigenvalue weighted by Crippen LogP contribution is -2.22. The first-order valence-corrected chi connectivity index (χ1v) is 9.62. The zero-order valence-corrected chi connectivity index (χ0v) is 16.9. The van der Waals surface area contributed by atoms with Crippen LogP contribution in [0.3, 0.4) is 0 Å². The molecular formula is C19H24BrN3O3. The van der Waals surface area contributed by atoms with Crippen LogP contribution in [0.15, 0.2) is 33.7 Å². The molecule has 1 aliphatic carbocycles. The SMILES string of the molecule is COc1cc(C(C)Nc2cnn(C)c(=O)c2Br)ccc1OC1CCCC1. The van der Waals surface area contributed by atoms with E-state index in [1.807, 2.05) is 25.1 Å². The van der Waals surface area contributed by atoms with Gasteiger partial charge in [-0.05, 0) is 66.2 Å². The van der Waals surface area contributed by atoms with Crippen LogP contribution < -0.4 is 20.3 Å². The summed E-state index contributed by atoms with van der Waals surface area (Å²) in [6.07, 6.45) is 6.58. The van der Waals surface area contributed by atoms with Crippen molar-refractivity contribution in [2.24, 2.45) is 7.05 Å². The monoisotopic (exact) mass is 421 g/mol. The molecule has 0 amide bonds. The Balaban J connectivity index is 1.78. The molecule has 1 saturated carbocycles. The quantitative estimate of drug-likeness (QED) is 0.761. The Bertz CT molecular complexity index is 831. The topological polar surface area (TPSA) is 65.4 Å². The smallest absolute Gasteiger partial charge is 0.282 e. The highest BCUT2D eigenvalue weighted by Gasteiger charge is 2.19. The second-order valence-corrected chi connectivity index (χ2v) is 7.39. The first-order chi connectivity index (χ1) is 12.5. The lowest BCUT2D eigenvalue weighted by Gasteiger charge is -2.20. The van der Waals surface area contributed by atoms with E-state index in [-0.39, 0.29) is 17.7 Å². The van der Waals surface area contributed by atoms with E-state index in [9.17, 15) is 4.79 Å². The summed E-state index contributed by atoms with van der Waals surface area (Å²) in [6.45, 7) is 2.02. The number of hydrogen-bond donors (Lipinski definition) is 1. The average molecular weight is 422 g/mol. The maximum absolute atomic E-state index is 12.0. The first-order valence-electron chi connectivity index (χ1n) is 8.82. The van der Waals surface area contributed by atoms with Crippen molar-refractivity contribution >= 4 is 21.6 Å². The van der Waals surface area contributed by atoms with Crippen molar-refractivity contribution in [1.82, 2.24) is 9.78 Å². The summed E-state index contributed by atoms with van der Waals surface area (Å²) >= 11 is 3.34. The molecule has 7 heteroatoms. The average Bonchev–Trinajstić information content (AvgIpc) is 3.15. The molecule has 6 nitrogen and oxygen atoms in total. The number of anilines is 1. The highest BCUT2D eigenvalue weighted by molar-refractivity contribution is 9.10. The van der Waals surface area contributed by atoms with Crippen LogP contribution in [0.5, 0.6) is 11.5 Å². The van der Waals surface area contributed by atoms with E-state index in [1.165, 1.54) is 17.5 Å². The number of benzene rings is 1. The predicted octanol–water partition coefficient (Wildman–Crippen LogP) is 4.05. The van der Waals surface area contributed by atoms with Gasteiger partial charge in [-0.15, -0.1) is 0 Å². The Morgan fingerprint density at radius 3 is 2.73 bits per heavy atom. The van der Waals surface area contributed by atoms with E-state index in [2.05, 4.69) is 26.3 Å². The Morgan fingerprint density at radius 2 is 2.04 bits per heavy atom.